The summed E-state index contributed by atoms with van der Waals surface area (Å²) in [4.78, 5) is 18.0. The second-order valence-electron chi connectivity index (χ2n) is 6.56. The van der Waals surface area contributed by atoms with Gasteiger partial charge < -0.3 is 14.4 Å². The van der Waals surface area contributed by atoms with Crippen LogP contribution in [0.3, 0.4) is 0 Å². The van der Waals surface area contributed by atoms with Crippen molar-refractivity contribution in [3.63, 3.8) is 0 Å². The molecule has 2 aliphatic heterocycles. The highest BCUT2D eigenvalue weighted by Gasteiger charge is 2.48. The Morgan fingerprint density at radius 1 is 1.52 bits per heavy atom. The lowest BCUT2D eigenvalue weighted by atomic mass is 9.93. The van der Waals surface area contributed by atoms with Crippen molar-refractivity contribution in [1.29, 1.82) is 0 Å². The first-order valence-corrected chi connectivity index (χ1v) is 7.44. The van der Waals surface area contributed by atoms with Crippen LogP contribution in [0.4, 0.5) is 4.79 Å². The van der Waals surface area contributed by atoms with Gasteiger partial charge in [0.05, 0.1) is 13.2 Å². The van der Waals surface area contributed by atoms with Crippen molar-refractivity contribution in [2.24, 2.45) is 0 Å². The Morgan fingerprint density at radius 3 is 3.00 bits per heavy atom. The first-order valence-electron chi connectivity index (χ1n) is 7.06. The van der Waals surface area contributed by atoms with Crippen molar-refractivity contribution >= 4 is 17.7 Å². The maximum atomic E-state index is 12.2. The van der Waals surface area contributed by atoms with E-state index in [4.69, 9.17) is 21.1 Å². The molecule has 1 unspecified atom stereocenters. The predicted octanol–water partition coefficient (Wildman–Crippen LogP) is 3.10. The minimum absolute atomic E-state index is 0.295. The van der Waals surface area contributed by atoms with Crippen LogP contribution in [0, 0.1) is 0 Å². The molecule has 21 heavy (non-hydrogen) atoms. The summed E-state index contributed by atoms with van der Waals surface area (Å²) in [5.74, 6) is 0. The molecule has 2 aliphatic rings. The standard InChI is InChI=1S/C15H19ClN2O3/c1-14(2,3)21-13(19)18-7-5-15(9-18)11-4-6-17-12(16)10(11)8-20-15/h4,6H,5,7-9H2,1-3H3. The Morgan fingerprint density at radius 2 is 2.29 bits per heavy atom. The van der Waals surface area contributed by atoms with Crippen molar-refractivity contribution in [2.45, 2.75) is 45.0 Å². The normalized spacial score (nSPS) is 24.5. The Bertz CT molecular complexity index is 585. The first kappa shape index (κ1) is 14.6. The van der Waals surface area contributed by atoms with Crippen LogP contribution in [-0.2, 0) is 21.7 Å². The number of likely N-dealkylation sites (tertiary alicyclic amines) is 1. The lowest BCUT2D eigenvalue weighted by molar-refractivity contribution is -0.0327. The van der Waals surface area contributed by atoms with Gasteiger partial charge in [0.1, 0.15) is 16.4 Å². The average molecular weight is 311 g/mol. The van der Waals surface area contributed by atoms with Crippen LogP contribution in [0.25, 0.3) is 0 Å². The molecule has 5 nitrogen and oxygen atoms in total. The minimum atomic E-state index is -0.492. The van der Waals surface area contributed by atoms with E-state index in [2.05, 4.69) is 4.98 Å². The van der Waals surface area contributed by atoms with Crippen LogP contribution in [0.1, 0.15) is 38.3 Å². The summed E-state index contributed by atoms with van der Waals surface area (Å²) >= 11 is 6.12. The number of ether oxygens (including phenoxy) is 2. The molecule has 0 N–H and O–H groups in total. The zero-order valence-electron chi connectivity index (χ0n) is 12.5. The number of amides is 1. The second-order valence-corrected chi connectivity index (χ2v) is 6.92. The van der Waals surface area contributed by atoms with Gasteiger partial charge in [-0.2, -0.15) is 0 Å². The summed E-state index contributed by atoms with van der Waals surface area (Å²) in [6.45, 7) is 7.16. The van der Waals surface area contributed by atoms with E-state index in [-0.39, 0.29) is 6.09 Å². The third-order valence-corrected chi connectivity index (χ3v) is 4.20. The van der Waals surface area contributed by atoms with Crippen molar-refractivity contribution in [3.05, 3.63) is 28.5 Å². The fraction of sp³-hybridized carbons (Fsp3) is 0.600. The van der Waals surface area contributed by atoms with E-state index >= 15 is 0 Å². The summed E-state index contributed by atoms with van der Waals surface area (Å²) in [6.07, 6.45) is 2.14. The van der Waals surface area contributed by atoms with Crippen molar-refractivity contribution in [1.82, 2.24) is 9.88 Å². The smallest absolute Gasteiger partial charge is 0.410 e. The molecule has 6 heteroatoms. The lowest BCUT2D eigenvalue weighted by Gasteiger charge is -2.27. The van der Waals surface area contributed by atoms with Crippen LogP contribution in [0.2, 0.25) is 5.15 Å². The summed E-state index contributed by atoms with van der Waals surface area (Å²) in [7, 11) is 0. The third kappa shape index (κ3) is 2.60. The van der Waals surface area contributed by atoms with Gasteiger partial charge in [-0.3, -0.25) is 0 Å². The van der Waals surface area contributed by atoms with Gasteiger partial charge in [0.2, 0.25) is 0 Å². The van der Waals surface area contributed by atoms with E-state index in [1.165, 1.54) is 0 Å². The number of rotatable bonds is 0. The van der Waals surface area contributed by atoms with Crippen molar-refractivity contribution in [3.8, 4) is 0 Å². The monoisotopic (exact) mass is 310 g/mol. The number of hydrogen-bond donors (Lipinski definition) is 0. The van der Waals surface area contributed by atoms with E-state index in [9.17, 15) is 4.79 Å². The molecule has 0 radical (unpaired) electrons. The van der Waals surface area contributed by atoms with Gasteiger partial charge in [-0.1, -0.05) is 11.6 Å². The molecule has 1 aromatic rings. The van der Waals surface area contributed by atoms with Gasteiger partial charge in [-0.05, 0) is 32.4 Å². The molecule has 0 bridgehead atoms. The first-order chi connectivity index (χ1) is 9.81. The molecular weight excluding hydrogens is 292 g/mol. The van der Waals surface area contributed by atoms with Crippen LogP contribution < -0.4 is 0 Å². The number of carbonyl (C=O) groups excluding carboxylic acids is 1. The minimum Gasteiger partial charge on any atom is -0.444 e. The number of halogens is 1. The van der Waals surface area contributed by atoms with Gasteiger partial charge >= 0.3 is 6.09 Å². The number of aromatic nitrogens is 1. The summed E-state index contributed by atoms with van der Waals surface area (Å²) < 4.78 is 11.4. The van der Waals surface area contributed by atoms with Crippen LogP contribution in [-0.4, -0.2) is 34.7 Å². The van der Waals surface area contributed by atoms with Crippen LogP contribution in [0.5, 0.6) is 0 Å². The average Bonchev–Trinajstić information content (AvgIpc) is 2.95. The summed E-state index contributed by atoms with van der Waals surface area (Å²) in [5.41, 5.74) is 1.03. The van der Waals surface area contributed by atoms with Crippen molar-refractivity contribution < 1.29 is 14.3 Å². The summed E-state index contributed by atoms with van der Waals surface area (Å²) in [6, 6.07) is 1.94. The maximum absolute atomic E-state index is 12.2. The molecule has 1 fully saturated rings. The Kier molecular flexibility index (Phi) is 3.37. The molecule has 114 valence electrons. The van der Waals surface area contributed by atoms with Gasteiger partial charge in [-0.15, -0.1) is 0 Å². The van der Waals surface area contributed by atoms with Crippen LogP contribution >= 0.6 is 11.6 Å². The second kappa shape index (κ2) is 4.85. The van der Waals surface area contributed by atoms with Crippen molar-refractivity contribution in [2.75, 3.05) is 13.1 Å². The zero-order valence-corrected chi connectivity index (χ0v) is 13.2. The highest BCUT2D eigenvalue weighted by molar-refractivity contribution is 6.30. The third-order valence-electron chi connectivity index (χ3n) is 3.87. The van der Waals surface area contributed by atoms with Gasteiger partial charge in [0.15, 0.2) is 0 Å². The Hall–Kier alpha value is -1.33. The highest BCUT2D eigenvalue weighted by Crippen LogP contribution is 2.45. The molecular formula is C15H19ClN2O3. The molecule has 3 rings (SSSR count). The molecule has 0 aromatic carbocycles. The summed E-state index contributed by atoms with van der Waals surface area (Å²) in [5, 5.41) is 0.486. The SMILES string of the molecule is CC(C)(C)OC(=O)N1CCC2(C1)OCc1c2ccnc1Cl. The van der Waals surface area contributed by atoms with Gasteiger partial charge in [0.25, 0.3) is 0 Å². The highest BCUT2D eigenvalue weighted by atomic mass is 35.5. The van der Waals surface area contributed by atoms with Gasteiger partial charge in [0, 0.05) is 24.7 Å². The Labute approximate surface area is 129 Å². The predicted molar refractivity (Wildman–Crippen MR) is 78.1 cm³/mol. The van der Waals surface area contributed by atoms with E-state index in [1.807, 2.05) is 26.8 Å². The quantitative estimate of drug-likeness (QED) is 0.691. The van der Waals surface area contributed by atoms with Gasteiger partial charge in [-0.25, -0.2) is 9.78 Å². The number of nitrogens with zero attached hydrogens (tertiary/aromatic N) is 2. The number of hydrogen-bond acceptors (Lipinski definition) is 4. The number of pyridine rings is 1. The molecule has 1 aromatic heterocycles. The number of fused-ring (bicyclic) bond motifs is 2. The molecule has 1 spiro atoms. The molecule has 0 saturated carbocycles. The van der Waals surface area contributed by atoms with E-state index in [1.54, 1.807) is 11.1 Å². The van der Waals surface area contributed by atoms with E-state index < -0.39 is 11.2 Å². The van der Waals surface area contributed by atoms with E-state index in [0.29, 0.717) is 24.8 Å². The zero-order chi connectivity index (χ0) is 15.3. The maximum Gasteiger partial charge on any atom is 0.410 e. The lowest BCUT2D eigenvalue weighted by Crippen LogP contribution is -2.38. The molecule has 3 heterocycles. The fourth-order valence-corrected chi connectivity index (χ4v) is 3.13. The molecule has 1 amide bonds. The molecule has 0 aliphatic carbocycles. The van der Waals surface area contributed by atoms with E-state index in [0.717, 1.165) is 17.5 Å². The topological polar surface area (TPSA) is 51.7 Å². The fourth-order valence-electron chi connectivity index (χ4n) is 2.92. The molecule has 1 atom stereocenters. The largest absolute Gasteiger partial charge is 0.444 e. The Balaban J connectivity index is 1.80. The van der Waals surface area contributed by atoms with Crippen LogP contribution in [0.15, 0.2) is 12.3 Å². The number of carbonyl (C=O) groups is 1. The molecule has 1 saturated heterocycles.